The zero-order valence-electron chi connectivity index (χ0n) is 12.3. The Bertz CT molecular complexity index is 689. The summed E-state index contributed by atoms with van der Waals surface area (Å²) < 4.78 is 4.98. The van der Waals surface area contributed by atoms with Crippen LogP contribution in [0.5, 0.6) is 0 Å². The molecule has 23 heavy (non-hydrogen) atoms. The van der Waals surface area contributed by atoms with Crippen LogP contribution in [0.25, 0.3) is 0 Å². The molecular weight excluding hydrogens is 316 g/mol. The van der Waals surface area contributed by atoms with Crippen LogP contribution in [0.15, 0.2) is 47.8 Å². The minimum atomic E-state index is -2.12. The quantitative estimate of drug-likeness (QED) is 0.841. The first-order chi connectivity index (χ1) is 11.1. The summed E-state index contributed by atoms with van der Waals surface area (Å²) >= 11 is 1.50. The van der Waals surface area contributed by atoms with Gasteiger partial charge in [0.05, 0.1) is 6.54 Å². The van der Waals surface area contributed by atoms with Gasteiger partial charge in [0.1, 0.15) is 0 Å². The molecule has 1 aromatic heterocycles. The second-order valence-corrected chi connectivity index (χ2v) is 6.18. The van der Waals surface area contributed by atoms with E-state index in [1.165, 1.54) is 16.2 Å². The summed E-state index contributed by atoms with van der Waals surface area (Å²) in [6.07, 6.45) is -0.781. The van der Waals surface area contributed by atoms with Gasteiger partial charge in [0.15, 0.2) is 0 Å². The van der Waals surface area contributed by atoms with Crippen LogP contribution >= 0.6 is 11.3 Å². The Morgan fingerprint density at radius 2 is 2.09 bits per heavy atom. The van der Waals surface area contributed by atoms with E-state index < -0.39 is 17.8 Å². The third-order valence-electron chi connectivity index (χ3n) is 3.57. The second-order valence-electron chi connectivity index (χ2n) is 5.15. The number of thiophene rings is 1. The largest absolute Gasteiger partial charge is 0.410 e. The van der Waals surface area contributed by atoms with Crippen molar-refractivity contribution >= 4 is 29.0 Å². The number of carbonyl (C=O) groups is 2. The van der Waals surface area contributed by atoms with Crippen molar-refractivity contribution in [3.8, 4) is 0 Å². The van der Waals surface area contributed by atoms with E-state index in [2.05, 4.69) is 5.32 Å². The fourth-order valence-electron chi connectivity index (χ4n) is 2.39. The third kappa shape index (κ3) is 3.35. The number of amides is 2. The van der Waals surface area contributed by atoms with Crippen LogP contribution in [0.3, 0.4) is 0 Å². The maximum Gasteiger partial charge on any atom is 0.410 e. The first-order valence-corrected chi connectivity index (χ1v) is 8.05. The Labute approximate surface area is 137 Å². The van der Waals surface area contributed by atoms with E-state index in [0.29, 0.717) is 12.2 Å². The topological polar surface area (TPSA) is 78.9 Å². The van der Waals surface area contributed by atoms with Gasteiger partial charge in [-0.2, -0.15) is 0 Å². The highest BCUT2D eigenvalue weighted by Gasteiger charge is 2.49. The molecule has 2 heterocycles. The summed E-state index contributed by atoms with van der Waals surface area (Å²) in [5, 5.41) is 14.8. The van der Waals surface area contributed by atoms with Crippen LogP contribution in [-0.4, -0.2) is 29.4 Å². The third-order valence-corrected chi connectivity index (χ3v) is 4.45. The van der Waals surface area contributed by atoms with Gasteiger partial charge >= 0.3 is 6.09 Å². The molecule has 2 amide bonds. The number of aliphatic hydroxyl groups is 1. The minimum absolute atomic E-state index is 0.0349. The number of nitrogens with one attached hydrogen (secondary N) is 1. The minimum Gasteiger partial charge on any atom is -0.407 e. The van der Waals surface area contributed by atoms with Gasteiger partial charge in [-0.3, -0.25) is 4.79 Å². The predicted molar refractivity (Wildman–Crippen MR) is 86.0 cm³/mol. The highest BCUT2D eigenvalue weighted by molar-refractivity contribution is 7.09. The molecule has 0 bridgehead atoms. The summed E-state index contributed by atoms with van der Waals surface area (Å²) in [5.74, 6) is -2.75. The van der Waals surface area contributed by atoms with Gasteiger partial charge in [-0.15, -0.1) is 11.3 Å². The summed E-state index contributed by atoms with van der Waals surface area (Å²) in [5.41, 5.74) is 0.663. The summed E-state index contributed by atoms with van der Waals surface area (Å²) in [6.45, 7) is 0.584. The molecule has 1 saturated heterocycles. The Kier molecular flexibility index (Phi) is 4.31. The summed E-state index contributed by atoms with van der Waals surface area (Å²) in [7, 11) is 0. The average Bonchev–Trinajstić information content (AvgIpc) is 3.16. The Morgan fingerprint density at radius 3 is 2.78 bits per heavy atom. The fourth-order valence-corrected chi connectivity index (χ4v) is 3.04. The zero-order valence-corrected chi connectivity index (χ0v) is 13.1. The van der Waals surface area contributed by atoms with E-state index in [-0.39, 0.29) is 13.0 Å². The molecule has 0 radical (unpaired) electrons. The molecule has 120 valence electrons. The Morgan fingerprint density at radius 1 is 1.30 bits per heavy atom. The number of benzene rings is 1. The molecular formula is C16H16N2O4S. The Balaban J connectivity index is 1.61. The van der Waals surface area contributed by atoms with Crippen molar-refractivity contribution in [2.24, 2.45) is 0 Å². The first kappa shape index (κ1) is 15.5. The zero-order chi connectivity index (χ0) is 16.3. The molecule has 7 heteroatoms. The van der Waals surface area contributed by atoms with Crippen molar-refractivity contribution in [2.75, 3.05) is 11.4 Å². The van der Waals surface area contributed by atoms with E-state index in [1.807, 2.05) is 23.6 Å². The van der Waals surface area contributed by atoms with Gasteiger partial charge in [0, 0.05) is 23.5 Å². The standard InChI is InChI=1S/C16H16N2O4S/c19-14-16(21,8-9-18(14)12-5-2-1-3-6-12)22-15(20)17-11-13-7-4-10-23-13/h1-7,10,21H,8-9,11H2,(H,17,20)/t16-/m0/s1. The van der Waals surface area contributed by atoms with E-state index >= 15 is 0 Å². The predicted octanol–water partition coefficient (Wildman–Crippen LogP) is 2.10. The average molecular weight is 332 g/mol. The van der Waals surface area contributed by atoms with Gasteiger partial charge in [0.25, 0.3) is 11.7 Å². The Hall–Kier alpha value is -2.38. The molecule has 1 aromatic carbocycles. The van der Waals surface area contributed by atoms with Gasteiger partial charge in [-0.25, -0.2) is 4.79 Å². The number of para-hydroxylation sites is 1. The fraction of sp³-hybridized carbons (Fsp3) is 0.250. The molecule has 1 aliphatic rings. The molecule has 1 fully saturated rings. The first-order valence-electron chi connectivity index (χ1n) is 7.17. The van der Waals surface area contributed by atoms with Crippen molar-refractivity contribution in [1.82, 2.24) is 5.32 Å². The number of carbonyl (C=O) groups excluding carboxylic acids is 2. The molecule has 6 nitrogen and oxygen atoms in total. The summed E-state index contributed by atoms with van der Waals surface area (Å²) in [4.78, 5) is 26.6. The molecule has 2 aromatic rings. The number of rotatable bonds is 4. The van der Waals surface area contributed by atoms with Gasteiger partial charge in [0.2, 0.25) is 0 Å². The lowest BCUT2D eigenvalue weighted by Crippen LogP contribution is -2.46. The molecule has 0 aliphatic carbocycles. The molecule has 1 atom stereocenters. The number of anilines is 1. The van der Waals surface area contributed by atoms with Gasteiger partial charge in [-0.1, -0.05) is 24.3 Å². The van der Waals surface area contributed by atoms with Crippen molar-refractivity contribution in [2.45, 2.75) is 18.8 Å². The number of hydrogen-bond acceptors (Lipinski definition) is 5. The number of hydrogen-bond donors (Lipinski definition) is 2. The lowest BCUT2D eigenvalue weighted by atomic mass is 10.2. The molecule has 0 saturated carbocycles. The lowest BCUT2D eigenvalue weighted by molar-refractivity contribution is -0.175. The van der Waals surface area contributed by atoms with Crippen LogP contribution in [0, 0.1) is 0 Å². The molecule has 0 unspecified atom stereocenters. The molecule has 2 N–H and O–H groups in total. The second kappa shape index (κ2) is 6.39. The van der Waals surface area contributed by atoms with Crippen LogP contribution in [-0.2, 0) is 16.1 Å². The van der Waals surface area contributed by atoms with Gasteiger partial charge in [-0.05, 0) is 23.6 Å². The van der Waals surface area contributed by atoms with E-state index in [9.17, 15) is 14.7 Å². The number of alkyl carbamates (subject to hydrolysis) is 1. The van der Waals surface area contributed by atoms with Crippen molar-refractivity contribution in [3.05, 3.63) is 52.7 Å². The van der Waals surface area contributed by atoms with Gasteiger partial charge < -0.3 is 20.1 Å². The normalized spacial score (nSPS) is 20.6. The SMILES string of the molecule is O=C(NCc1cccs1)O[C@@]1(O)CCN(c2ccccc2)C1=O. The smallest absolute Gasteiger partial charge is 0.407 e. The number of nitrogens with zero attached hydrogens (tertiary/aromatic N) is 1. The highest BCUT2D eigenvalue weighted by Crippen LogP contribution is 2.29. The van der Waals surface area contributed by atoms with E-state index in [0.717, 1.165) is 4.88 Å². The van der Waals surface area contributed by atoms with Crippen LogP contribution in [0.1, 0.15) is 11.3 Å². The van der Waals surface area contributed by atoms with E-state index in [1.54, 1.807) is 24.3 Å². The number of ether oxygens (including phenoxy) is 1. The van der Waals surface area contributed by atoms with Crippen molar-refractivity contribution in [3.63, 3.8) is 0 Å². The molecule has 3 rings (SSSR count). The molecule has 0 spiro atoms. The van der Waals surface area contributed by atoms with Crippen LogP contribution in [0.4, 0.5) is 10.5 Å². The monoisotopic (exact) mass is 332 g/mol. The maximum absolute atomic E-state index is 12.4. The van der Waals surface area contributed by atoms with Crippen LogP contribution in [0.2, 0.25) is 0 Å². The summed E-state index contributed by atoms with van der Waals surface area (Å²) in [6, 6.07) is 12.7. The van der Waals surface area contributed by atoms with Crippen LogP contribution < -0.4 is 10.2 Å². The maximum atomic E-state index is 12.4. The van der Waals surface area contributed by atoms with E-state index in [4.69, 9.17) is 4.74 Å². The van der Waals surface area contributed by atoms with Crippen molar-refractivity contribution in [1.29, 1.82) is 0 Å². The highest BCUT2D eigenvalue weighted by atomic mass is 32.1. The van der Waals surface area contributed by atoms with Crippen molar-refractivity contribution < 1.29 is 19.4 Å². The molecule has 1 aliphatic heterocycles. The lowest BCUT2D eigenvalue weighted by Gasteiger charge is -2.22.